The second kappa shape index (κ2) is 4.00. The standard InChI is InChI=1S/C13H21NO3/c1-8(15)11-9-5-6-14(7-10(9)11)12(16)17-13(2,3)4/h9-11H,5-7H2,1-4H3. The van der Waals surface area contributed by atoms with Crippen LogP contribution in [-0.2, 0) is 9.53 Å². The molecule has 2 fully saturated rings. The van der Waals surface area contributed by atoms with Gasteiger partial charge in [-0.2, -0.15) is 0 Å². The molecule has 1 heterocycles. The van der Waals surface area contributed by atoms with Crippen LogP contribution in [0.5, 0.6) is 0 Å². The van der Waals surface area contributed by atoms with E-state index in [9.17, 15) is 9.59 Å². The molecule has 3 atom stereocenters. The first-order chi connectivity index (χ1) is 7.79. The summed E-state index contributed by atoms with van der Waals surface area (Å²) in [7, 11) is 0. The maximum Gasteiger partial charge on any atom is 0.410 e. The molecule has 0 aromatic heterocycles. The molecule has 0 aromatic carbocycles. The average molecular weight is 239 g/mol. The molecule has 1 aliphatic heterocycles. The molecular weight excluding hydrogens is 218 g/mol. The molecule has 0 radical (unpaired) electrons. The second-order valence-corrected chi connectivity index (χ2v) is 6.18. The van der Waals surface area contributed by atoms with E-state index in [2.05, 4.69) is 0 Å². The molecule has 96 valence electrons. The molecule has 3 unspecified atom stereocenters. The third-order valence-electron chi connectivity index (χ3n) is 3.62. The SMILES string of the molecule is CC(=O)C1C2CCN(C(=O)OC(C)(C)C)CC21. The third-order valence-corrected chi connectivity index (χ3v) is 3.62. The second-order valence-electron chi connectivity index (χ2n) is 6.18. The van der Waals surface area contributed by atoms with Gasteiger partial charge in [0.05, 0.1) is 0 Å². The van der Waals surface area contributed by atoms with Crippen LogP contribution < -0.4 is 0 Å². The number of nitrogens with zero attached hydrogens (tertiary/aromatic N) is 1. The minimum absolute atomic E-state index is 0.197. The Bertz CT molecular complexity index is 345. The third kappa shape index (κ3) is 2.61. The molecule has 1 aliphatic carbocycles. The molecule has 1 saturated carbocycles. The number of carbonyl (C=O) groups is 2. The molecule has 2 rings (SSSR count). The number of hydrogen-bond acceptors (Lipinski definition) is 3. The van der Waals surface area contributed by atoms with Gasteiger partial charge in [-0.3, -0.25) is 4.79 Å². The highest BCUT2D eigenvalue weighted by Crippen LogP contribution is 2.52. The number of amides is 1. The number of hydrogen-bond donors (Lipinski definition) is 0. The fourth-order valence-electron chi connectivity index (χ4n) is 2.83. The molecule has 0 bridgehead atoms. The van der Waals surface area contributed by atoms with Gasteiger partial charge in [-0.05, 0) is 46.0 Å². The maximum atomic E-state index is 11.9. The van der Waals surface area contributed by atoms with Gasteiger partial charge in [0.1, 0.15) is 11.4 Å². The van der Waals surface area contributed by atoms with Crippen molar-refractivity contribution in [2.24, 2.45) is 17.8 Å². The van der Waals surface area contributed by atoms with Gasteiger partial charge in [0.2, 0.25) is 0 Å². The summed E-state index contributed by atoms with van der Waals surface area (Å²) < 4.78 is 5.34. The van der Waals surface area contributed by atoms with Crippen LogP contribution in [-0.4, -0.2) is 35.5 Å². The average Bonchev–Trinajstić information content (AvgIpc) is 2.87. The Morgan fingerprint density at radius 2 is 1.88 bits per heavy atom. The fraction of sp³-hybridized carbons (Fsp3) is 0.846. The van der Waals surface area contributed by atoms with Crippen LogP contribution in [0.4, 0.5) is 4.79 Å². The van der Waals surface area contributed by atoms with Crippen molar-refractivity contribution in [3.63, 3.8) is 0 Å². The summed E-state index contributed by atoms with van der Waals surface area (Å²) in [6.45, 7) is 8.66. The van der Waals surface area contributed by atoms with Crippen LogP contribution in [0.15, 0.2) is 0 Å². The number of ketones is 1. The number of ether oxygens (including phenoxy) is 1. The predicted molar refractivity (Wildman–Crippen MR) is 63.6 cm³/mol. The lowest BCUT2D eigenvalue weighted by molar-refractivity contribution is -0.118. The Morgan fingerprint density at radius 3 is 2.41 bits per heavy atom. The van der Waals surface area contributed by atoms with Gasteiger partial charge in [-0.15, -0.1) is 0 Å². The Hall–Kier alpha value is -1.06. The van der Waals surface area contributed by atoms with E-state index in [4.69, 9.17) is 4.74 Å². The van der Waals surface area contributed by atoms with Crippen molar-refractivity contribution < 1.29 is 14.3 Å². The first kappa shape index (κ1) is 12.4. The Kier molecular flexibility index (Phi) is 2.92. The summed E-state index contributed by atoms with van der Waals surface area (Å²) >= 11 is 0. The number of Topliss-reactive ketones (excluding diaryl/α,β-unsaturated/α-hetero) is 1. The lowest BCUT2D eigenvalue weighted by Gasteiger charge is -2.29. The van der Waals surface area contributed by atoms with Crippen LogP contribution >= 0.6 is 0 Å². The van der Waals surface area contributed by atoms with Crippen LogP contribution in [0.3, 0.4) is 0 Å². The first-order valence-electron chi connectivity index (χ1n) is 6.28. The molecule has 17 heavy (non-hydrogen) atoms. The number of likely N-dealkylation sites (tertiary alicyclic amines) is 1. The summed E-state index contributed by atoms with van der Waals surface area (Å²) in [4.78, 5) is 25.0. The monoisotopic (exact) mass is 239 g/mol. The van der Waals surface area contributed by atoms with Gasteiger partial charge in [0, 0.05) is 19.0 Å². The summed E-state index contributed by atoms with van der Waals surface area (Å²) in [6.07, 6.45) is 0.693. The number of rotatable bonds is 1. The minimum Gasteiger partial charge on any atom is -0.444 e. The first-order valence-corrected chi connectivity index (χ1v) is 6.28. The van der Waals surface area contributed by atoms with Crippen molar-refractivity contribution in [3.05, 3.63) is 0 Å². The van der Waals surface area contributed by atoms with E-state index in [1.807, 2.05) is 20.8 Å². The predicted octanol–water partition coefficient (Wildman–Crippen LogP) is 2.08. The topological polar surface area (TPSA) is 46.6 Å². The summed E-state index contributed by atoms with van der Waals surface area (Å²) in [5.41, 5.74) is -0.447. The van der Waals surface area contributed by atoms with Gasteiger partial charge in [-0.25, -0.2) is 4.79 Å². The van der Waals surface area contributed by atoms with Crippen molar-refractivity contribution in [3.8, 4) is 0 Å². The zero-order valence-electron chi connectivity index (χ0n) is 11.0. The van der Waals surface area contributed by atoms with Gasteiger partial charge in [-0.1, -0.05) is 0 Å². The highest BCUT2D eigenvalue weighted by Gasteiger charge is 2.55. The van der Waals surface area contributed by atoms with Crippen molar-refractivity contribution >= 4 is 11.9 Å². The number of fused-ring (bicyclic) bond motifs is 1. The van der Waals surface area contributed by atoms with Crippen LogP contribution in [0.1, 0.15) is 34.1 Å². The highest BCUT2D eigenvalue weighted by molar-refractivity contribution is 5.82. The number of piperidine rings is 1. The van der Waals surface area contributed by atoms with E-state index in [1.54, 1.807) is 11.8 Å². The van der Waals surface area contributed by atoms with Crippen molar-refractivity contribution in [1.82, 2.24) is 4.90 Å². The summed E-state index contributed by atoms with van der Waals surface area (Å²) in [6, 6.07) is 0. The quantitative estimate of drug-likeness (QED) is 0.703. The van der Waals surface area contributed by atoms with Crippen molar-refractivity contribution in [2.45, 2.75) is 39.7 Å². The molecule has 1 saturated heterocycles. The van der Waals surface area contributed by atoms with E-state index < -0.39 is 5.60 Å². The highest BCUT2D eigenvalue weighted by atomic mass is 16.6. The molecule has 0 aromatic rings. The zero-order valence-corrected chi connectivity index (χ0v) is 11.0. The van der Waals surface area contributed by atoms with Crippen molar-refractivity contribution in [2.75, 3.05) is 13.1 Å². The maximum absolute atomic E-state index is 11.9. The normalized spacial score (nSPS) is 31.8. The van der Waals surface area contributed by atoms with E-state index in [-0.39, 0.29) is 17.8 Å². The van der Waals surface area contributed by atoms with E-state index in [0.717, 1.165) is 13.0 Å². The fourth-order valence-corrected chi connectivity index (χ4v) is 2.83. The number of carbonyl (C=O) groups excluding carboxylic acids is 2. The molecular formula is C13H21NO3. The zero-order chi connectivity index (χ0) is 12.8. The molecule has 0 N–H and O–H groups in total. The van der Waals surface area contributed by atoms with E-state index in [0.29, 0.717) is 18.4 Å². The Labute approximate surface area is 102 Å². The molecule has 4 nitrogen and oxygen atoms in total. The smallest absolute Gasteiger partial charge is 0.410 e. The Morgan fingerprint density at radius 1 is 1.24 bits per heavy atom. The van der Waals surface area contributed by atoms with Gasteiger partial charge in [0.15, 0.2) is 0 Å². The molecule has 2 aliphatic rings. The minimum atomic E-state index is -0.447. The van der Waals surface area contributed by atoms with E-state index in [1.165, 1.54) is 0 Å². The van der Waals surface area contributed by atoms with E-state index >= 15 is 0 Å². The van der Waals surface area contributed by atoms with Crippen LogP contribution in [0.25, 0.3) is 0 Å². The Balaban J connectivity index is 1.90. The lowest BCUT2D eigenvalue weighted by atomic mass is 10.1. The summed E-state index contributed by atoms with van der Waals surface area (Å²) in [5, 5.41) is 0. The summed E-state index contributed by atoms with van der Waals surface area (Å²) in [5.74, 6) is 1.37. The largest absolute Gasteiger partial charge is 0.444 e. The van der Waals surface area contributed by atoms with Crippen LogP contribution in [0.2, 0.25) is 0 Å². The van der Waals surface area contributed by atoms with Gasteiger partial charge < -0.3 is 9.64 Å². The van der Waals surface area contributed by atoms with Crippen molar-refractivity contribution in [1.29, 1.82) is 0 Å². The van der Waals surface area contributed by atoms with Crippen LogP contribution in [0, 0.1) is 17.8 Å². The molecule has 0 spiro atoms. The molecule has 1 amide bonds. The van der Waals surface area contributed by atoms with Gasteiger partial charge >= 0.3 is 6.09 Å². The molecule has 4 heteroatoms. The lowest BCUT2D eigenvalue weighted by Crippen LogP contribution is -2.40. The van der Waals surface area contributed by atoms with Gasteiger partial charge in [0.25, 0.3) is 0 Å².